The lowest BCUT2D eigenvalue weighted by atomic mass is 10.1. The van der Waals surface area contributed by atoms with Crippen LogP contribution in [0.25, 0.3) is 16.8 Å². The number of nitrogens with zero attached hydrogens (tertiary/aromatic N) is 2. The molecule has 0 saturated heterocycles. The number of halogens is 1. The Hall–Kier alpha value is -1.36. The van der Waals surface area contributed by atoms with Crippen LogP contribution < -0.4 is 0 Å². The fourth-order valence-electron chi connectivity index (χ4n) is 2.78. The van der Waals surface area contributed by atoms with Gasteiger partial charge in [-0.1, -0.05) is 56.5 Å². The summed E-state index contributed by atoms with van der Waals surface area (Å²) in [6, 6.07) is 17.0. The maximum Gasteiger partial charge on any atom is 0.0933 e. The number of aromatic nitrogens is 2. The minimum atomic E-state index is 1.05. The van der Waals surface area contributed by atoms with Crippen LogP contribution in [-0.2, 0) is 6.42 Å². The molecule has 0 saturated carbocycles. The van der Waals surface area contributed by atoms with Crippen molar-refractivity contribution in [3.05, 3.63) is 57.8 Å². The Morgan fingerprint density at radius 2 is 1.82 bits per heavy atom. The monoisotopic (exact) mass is 404 g/mol. The fraction of sp³-hybridized carbons (Fsp3) is 0.316. The number of hydrogen-bond acceptors (Lipinski definition) is 1. The molecule has 0 N–H and O–H groups in total. The molecule has 0 aliphatic rings. The largest absolute Gasteiger partial charge is 0.236 e. The zero-order chi connectivity index (χ0) is 15.4. The molecule has 3 rings (SSSR count). The van der Waals surface area contributed by atoms with E-state index in [9.17, 15) is 0 Å². The van der Waals surface area contributed by atoms with Gasteiger partial charge in [-0.05, 0) is 53.6 Å². The van der Waals surface area contributed by atoms with Crippen LogP contribution in [0.5, 0.6) is 0 Å². The summed E-state index contributed by atoms with van der Waals surface area (Å²) < 4.78 is 3.44. The minimum absolute atomic E-state index is 1.05. The van der Waals surface area contributed by atoms with E-state index in [1.165, 1.54) is 46.0 Å². The van der Waals surface area contributed by atoms with Crippen LogP contribution in [0.1, 0.15) is 38.3 Å². The molecule has 0 amide bonds. The number of unbranched alkanes of at least 4 members (excludes halogenated alkanes) is 3. The number of rotatable bonds is 6. The topological polar surface area (TPSA) is 17.3 Å². The van der Waals surface area contributed by atoms with Crippen molar-refractivity contribution >= 4 is 28.1 Å². The van der Waals surface area contributed by atoms with Gasteiger partial charge in [0.15, 0.2) is 0 Å². The zero-order valence-electron chi connectivity index (χ0n) is 12.9. The van der Waals surface area contributed by atoms with E-state index >= 15 is 0 Å². The van der Waals surface area contributed by atoms with E-state index in [0.29, 0.717) is 0 Å². The standard InChI is InChI=1S/C19H21IN2/c1-2-3-4-8-11-19-17(20)13-12-16-14-18(21-22(16)19)15-9-6-5-7-10-15/h5-7,9-10,12-14H,2-4,8,11H2,1H3. The predicted molar refractivity (Wildman–Crippen MR) is 101 cm³/mol. The van der Waals surface area contributed by atoms with E-state index in [1.807, 2.05) is 6.07 Å². The van der Waals surface area contributed by atoms with Crippen molar-refractivity contribution in [3.63, 3.8) is 0 Å². The van der Waals surface area contributed by atoms with Crippen LogP contribution in [0, 0.1) is 3.57 Å². The normalized spacial score (nSPS) is 11.2. The Bertz CT molecular complexity index is 747. The Kier molecular flexibility index (Phi) is 5.13. The van der Waals surface area contributed by atoms with Gasteiger partial charge >= 0.3 is 0 Å². The summed E-state index contributed by atoms with van der Waals surface area (Å²) in [4.78, 5) is 0. The van der Waals surface area contributed by atoms with Crippen molar-refractivity contribution in [1.29, 1.82) is 0 Å². The quantitative estimate of drug-likeness (QED) is 0.379. The first kappa shape index (κ1) is 15.5. The molecular weight excluding hydrogens is 383 g/mol. The van der Waals surface area contributed by atoms with Gasteiger partial charge in [-0.25, -0.2) is 4.52 Å². The summed E-state index contributed by atoms with van der Waals surface area (Å²) in [7, 11) is 0. The van der Waals surface area contributed by atoms with Crippen LogP contribution in [0.2, 0.25) is 0 Å². The van der Waals surface area contributed by atoms with Crippen LogP contribution in [-0.4, -0.2) is 9.61 Å². The molecule has 0 aliphatic carbocycles. The molecule has 2 heterocycles. The summed E-state index contributed by atoms with van der Waals surface area (Å²) >= 11 is 2.43. The second kappa shape index (κ2) is 7.27. The second-order valence-corrected chi connectivity index (χ2v) is 6.83. The maximum absolute atomic E-state index is 4.85. The molecule has 3 heteroatoms. The number of fused-ring (bicyclic) bond motifs is 1. The highest BCUT2D eigenvalue weighted by Gasteiger charge is 2.10. The van der Waals surface area contributed by atoms with Crippen molar-refractivity contribution in [2.75, 3.05) is 0 Å². The van der Waals surface area contributed by atoms with E-state index in [0.717, 1.165) is 12.1 Å². The smallest absolute Gasteiger partial charge is 0.0933 e. The molecule has 2 nitrogen and oxygen atoms in total. The molecule has 22 heavy (non-hydrogen) atoms. The van der Waals surface area contributed by atoms with Crippen molar-refractivity contribution in [2.45, 2.75) is 39.0 Å². The van der Waals surface area contributed by atoms with Crippen LogP contribution in [0.15, 0.2) is 48.5 Å². The molecular formula is C19H21IN2. The van der Waals surface area contributed by atoms with Crippen molar-refractivity contribution in [2.24, 2.45) is 0 Å². The van der Waals surface area contributed by atoms with Gasteiger partial charge in [-0.2, -0.15) is 5.10 Å². The third-order valence-electron chi connectivity index (χ3n) is 4.01. The summed E-state index contributed by atoms with van der Waals surface area (Å²) in [6.45, 7) is 2.25. The van der Waals surface area contributed by atoms with E-state index in [4.69, 9.17) is 5.10 Å². The van der Waals surface area contributed by atoms with Crippen LogP contribution in [0.4, 0.5) is 0 Å². The van der Waals surface area contributed by atoms with Crippen LogP contribution in [0.3, 0.4) is 0 Å². The molecule has 0 aliphatic heterocycles. The summed E-state index contributed by atoms with van der Waals surface area (Å²) in [6.07, 6.45) is 6.24. The van der Waals surface area contributed by atoms with Crippen LogP contribution >= 0.6 is 22.6 Å². The molecule has 114 valence electrons. The second-order valence-electron chi connectivity index (χ2n) is 5.67. The lowest BCUT2D eigenvalue weighted by Gasteiger charge is -2.07. The molecule has 0 atom stereocenters. The summed E-state index contributed by atoms with van der Waals surface area (Å²) in [5.74, 6) is 0. The lowest BCUT2D eigenvalue weighted by Crippen LogP contribution is -2.02. The Labute approximate surface area is 145 Å². The zero-order valence-corrected chi connectivity index (χ0v) is 15.1. The summed E-state index contributed by atoms with van der Waals surface area (Å²) in [5, 5.41) is 4.85. The van der Waals surface area contributed by atoms with Gasteiger partial charge in [0.1, 0.15) is 0 Å². The first-order valence-corrected chi connectivity index (χ1v) is 9.10. The number of hydrogen-bond donors (Lipinski definition) is 0. The molecule has 3 aromatic rings. The molecule has 1 aromatic carbocycles. The average molecular weight is 404 g/mol. The highest BCUT2D eigenvalue weighted by atomic mass is 127. The van der Waals surface area contributed by atoms with Gasteiger partial charge in [0.2, 0.25) is 0 Å². The highest BCUT2D eigenvalue weighted by Crippen LogP contribution is 2.23. The minimum Gasteiger partial charge on any atom is -0.236 e. The molecule has 2 aromatic heterocycles. The summed E-state index contributed by atoms with van der Waals surface area (Å²) in [5.41, 5.74) is 4.76. The average Bonchev–Trinajstić information content (AvgIpc) is 2.98. The van der Waals surface area contributed by atoms with E-state index in [1.54, 1.807) is 0 Å². The molecule has 0 bridgehead atoms. The predicted octanol–water partition coefficient (Wildman–Crippen LogP) is 5.73. The van der Waals surface area contributed by atoms with Gasteiger partial charge in [0, 0.05) is 9.13 Å². The number of pyridine rings is 1. The number of aryl methyl sites for hydroxylation is 1. The van der Waals surface area contributed by atoms with Gasteiger partial charge in [0.25, 0.3) is 0 Å². The van der Waals surface area contributed by atoms with Gasteiger partial charge in [0.05, 0.1) is 16.9 Å². The maximum atomic E-state index is 4.85. The third-order valence-corrected chi connectivity index (χ3v) is 4.99. The van der Waals surface area contributed by atoms with Crippen molar-refractivity contribution in [1.82, 2.24) is 9.61 Å². The molecule has 0 spiro atoms. The van der Waals surface area contributed by atoms with Crippen molar-refractivity contribution < 1.29 is 0 Å². The highest BCUT2D eigenvalue weighted by molar-refractivity contribution is 14.1. The molecule has 0 radical (unpaired) electrons. The molecule has 0 unspecified atom stereocenters. The Morgan fingerprint density at radius 3 is 2.59 bits per heavy atom. The fourth-order valence-corrected chi connectivity index (χ4v) is 3.46. The lowest BCUT2D eigenvalue weighted by molar-refractivity contribution is 0.650. The molecule has 0 fully saturated rings. The van der Waals surface area contributed by atoms with E-state index < -0.39 is 0 Å². The Morgan fingerprint density at radius 1 is 1.00 bits per heavy atom. The van der Waals surface area contributed by atoms with Gasteiger partial charge < -0.3 is 0 Å². The third kappa shape index (κ3) is 3.35. The van der Waals surface area contributed by atoms with E-state index in [-0.39, 0.29) is 0 Å². The first-order chi connectivity index (χ1) is 10.8. The van der Waals surface area contributed by atoms with E-state index in [2.05, 4.69) is 76.5 Å². The van der Waals surface area contributed by atoms with Gasteiger partial charge in [-0.15, -0.1) is 0 Å². The number of benzene rings is 1. The van der Waals surface area contributed by atoms with Crippen molar-refractivity contribution in [3.8, 4) is 11.3 Å². The van der Waals surface area contributed by atoms with Gasteiger partial charge in [-0.3, -0.25) is 0 Å². The Balaban J connectivity index is 1.94. The SMILES string of the molecule is CCCCCCc1c(I)ccc2cc(-c3ccccc3)nn12. The first-order valence-electron chi connectivity index (χ1n) is 8.02.